The first kappa shape index (κ1) is 19.7. The first-order valence-electron chi connectivity index (χ1n) is 8.96. The van der Waals surface area contributed by atoms with E-state index >= 15 is 0 Å². The third kappa shape index (κ3) is 5.02. The molecule has 0 spiro atoms. The van der Waals surface area contributed by atoms with E-state index in [-0.39, 0.29) is 5.91 Å². The molecule has 1 aromatic heterocycles. The fourth-order valence-corrected chi connectivity index (χ4v) is 2.93. The summed E-state index contributed by atoms with van der Waals surface area (Å²) in [5.74, 6) is 0.926. The van der Waals surface area contributed by atoms with Crippen molar-refractivity contribution in [3.63, 3.8) is 0 Å². The van der Waals surface area contributed by atoms with Gasteiger partial charge in [-0.2, -0.15) is 0 Å². The molecule has 0 aliphatic heterocycles. The minimum Gasteiger partial charge on any atom is -0.495 e. The number of halogens is 1. The van der Waals surface area contributed by atoms with E-state index in [0.717, 1.165) is 18.5 Å². The molecule has 0 radical (unpaired) electrons. The molecule has 1 amide bonds. The van der Waals surface area contributed by atoms with Gasteiger partial charge in [0.25, 0.3) is 5.91 Å². The van der Waals surface area contributed by atoms with Crippen LogP contribution in [0.4, 0.5) is 11.5 Å². The van der Waals surface area contributed by atoms with Crippen LogP contribution in [0.1, 0.15) is 21.5 Å². The number of nitrogens with zero attached hydrogens (tertiary/aromatic N) is 1. The molecule has 28 heavy (non-hydrogen) atoms. The summed E-state index contributed by atoms with van der Waals surface area (Å²) in [5, 5.41) is 6.72. The fourth-order valence-electron chi connectivity index (χ4n) is 2.77. The largest absolute Gasteiger partial charge is 0.495 e. The highest BCUT2D eigenvalue weighted by Crippen LogP contribution is 2.31. The quantitative estimate of drug-likeness (QED) is 0.593. The van der Waals surface area contributed by atoms with Crippen LogP contribution in [0.2, 0.25) is 5.02 Å². The van der Waals surface area contributed by atoms with Gasteiger partial charge in [0, 0.05) is 29.4 Å². The zero-order chi connectivity index (χ0) is 19.9. The van der Waals surface area contributed by atoms with E-state index in [1.54, 1.807) is 30.5 Å². The minimum atomic E-state index is -0.242. The standard InChI is InChI=1S/C22H22ClN3O2/c1-15-12-19(20(28-2)14-18(15)23)26-22(27)17-9-11-25-21(13-17)24-10-8-16-6-4-3-5-7-16/h3-7,9,11-14H,8,10H2,1-2H3,(H,24,25)(H,26,27). The molecule has 0 unspecified atom stereocenters. The maximum atomic E-state index is 12.7. The van der Waals surface area contributed by atoms with E-state index < -0.39 is 0 Å². The van der Waals surface area contributed by atoms with E-state index in [9.17, 15) is 4.79 Å². The van der Waals surface area contributed by atoms with Crippen molar-refractivity contribution in [3.05, 3.63) is 82.5 Å². The predicted molar refractivity (Wildman–Crippen MR) is 114 cm³/mol. The lowest BCUT2D eigenvalue weighted by Crippen LogP contribution is -2.14. The van der Waals surface area contributed by atoms with Crippen LogP contribution in [0.3, 0.4) is 0 Å². The molecule has 2 aromatic carbocycles. The molecule has 144 valence electrons. The number of methoxy groups -OCH3 is 1. The summed E-state index contributed by atoms with van der Waals surface area (Å²) in [7, 11) is 1.54. The Balaban J connectivity index is 1.66. The number of anilines is 2. The number of hydrogen-bond donors (Lipinski definition) is 2. The van der Waals surface area contributed by atoms with Crippen LogP contribution >= 0.6 is 11.6 Å². The van der Waals surface area contributed by atoms with Crippen molar-refractivity contribution in [2.24, 2.45) is 0 Å². The molecular weight excluding hydrogens is 374 g/mol. The van der Waals surface area contributed by atoms with E-state index in [0.29, 0.717) is 27.8 Å². The van der Waals surface area contributed by atoms with Gasteiger partial charge >= 0.3 is 0 Å². The normalized spacial score (nSPS) is 10.4. The van der Waals surface area contributed by atoms with Crippen LogP contribution in [0.25, 0.3) is 0 Å². The Hall–Kier alpha value is -3.05. The Labute approximate surface area is 169 Å². The molecule has 3 aromatic rings. The molecule has 0 saturated carbocycles. The Kier molecular flexibility index (Phi) is 6.50. The number of aryl methyl sites for hydroxylation is 1. The topological polar surface area (TPSA) is 63.2 Å². The lowest BCUT2D eigenvalue weighted by atomic mass is 10.1. The molecule has 0 aliphatic carbocycles. The number of hydrogen-bond acceptors (Lipinski definition) is 4. The van der Waals surface area contributed by atoms with Crippen molar-refractivity contribution >= 4 is 29.0 Å². The van der Waals surface area contributed by atoms with Gasteiger partial charge in [0.1, 0.15) is 11.6 Å². The van der Waals surface area contributed by atoms with Gasteiger partial charge in [-0.25, -0.2) is 4.98 Å². The second-order valence-electron chi connectivity index (χ2n) is 6.35. The maximum Gasteiger partial charge on any atom is 0.255 e. The highest BCUT2D eigenvalue weighted by atomic mass is 35.5. The summed E-state index contributed by atoms with van der Waals surface area (Å²) in [5.41, 5.74) is 3.18. The van der Waals surface area contributed by atoms with Gasteiger partial charge in [0.15, 0.2) is 0 Å². The molecule has 3 rings (SSSR count). The van der Waals surface area contributed by atoms with Crippen LogP contribution in [0.5, 0.6) is 5.75 Å². The fraction of sp³-hybridized carbons (Fsp3) is 0.182. The number of carbonyl (C=O) groups is 1. The molecule has 0 fully saturated rings. The SMILES string of the molecule is COc1cc(Cl)c(C)cc1NC(=O)c1ccnc(NCCc2ccccc2)c1. The summed E-state index contributed by atoms with van der Waals surface area (Å²) in [6.45, 7) is 2.60. The smallest absolute Gasteiger partial charge is 0.255 e. The number of ether oxygens (including phenoxy) is 1. The summed E-state index contributed by atoms with van der Waals surface area (Å²) in [4.78, 5) is 17.0. The zero-order valence-corrected chi connectivity index (χ0v) is 16.6. The van der Waals surface area contributed by atoms with Crippen molar-refractivity contribution in [1.29, 1.82) is 0 Å². The summed E-state index contributed by atoms with van der Waals surface area (Å²) < 4.78 is 5.31. The second kappa shape index (κ2) is 9.24. The van der Waals surface area contributed by atoms with Gasteiger partial charge in [-0.1, -0.05) is 41.9 Å². The van der Waals surface area contributed by atoms with Gasteiger partial charge in [-0.15, -0.1) is 0 Å². The number of aromatic nitrogens is 1. The van der Waals surface area contributed by atoms with Crippen molar-refractivity contribution in [2.45, 2.75) is 13.3 Å². The van der Waals surface area contributed by atoms with E-state index in [1.807, 2.05) is 25.1 Å². The van der Waals surface area contributed by atoms with E-state index in [4.69, 9.17) is 16.3 Å². The van der Waals surface area contributed by atoms with Crippen molar-refractivity contribution in [1.82, 2.24) is 4.98 Å². The average Bonchev–Trinajstić information content (AvgIpc) is 2.71. The molecule has 1 heterocycles. The monoisotopic (exact) mass is 395 g/mol. The van der Waals surface area contributed by atoms with Gasteiger partial charge < -0.3 is 15.4 Å². The van der Waals surface area contributed by atoms with Gasteiger partial charge in [-0.3, -0.25) is 4.79 Å². The molecule has 2 N–H and O–H groups in total. The Morgan fingerprint density at radius 1 is 1.14 bits per heavy atom. The minimum absolute atomic E-state index is 0.242. The molecule has 0 bridgehead atoms. The summed E-state index contributed by atoms with van der Waals surface area (Å²) >= 11 is 6.12. The van der Waals surface area contributed by atoms with Crippen molar-refractivity contribution in [3.8, 4) is 5.75 Å². The van der Waals surface area contributed by atoms with Crippen LogP contribution in [-0.2, 0) is 6.42 Å². The van der Waals surface area contributed by atoms with Gasteiger partial charge in [0.2, 0.25) is 0 Å². The van der Waals surface area contributed by atoms with Gasteiger partial charge in [-0.05, 0) is 42.7 Å². The molecular formula is C22H22ClN3O2. The number of nitrogens with one attached hydrogen (secondary N) is 2. The average molecular weight is 396 g/mol. The van der Waals surface area contributed by atoms with Crippen LogP contribution in [-0.4, -0.2) is 24.5 Å². The number of benzene rings is 2. The zero-order valence-electron chi connectivity index (χ0n) is 15.8. The van der Waals surface area contributed by atoms with Crippen LogP contribution in [0, 0.1) is 6.92 Å². The van der Waals surface area contributed by atoms with E-state index in [2.05, 4.69) is 27.8 Å². The van der Waals surface area contributed by atoms with Crippen molar-refractivity contribution in [2.75, 3.05) is 24.3 Å². The van der Waals surface area contributed by atoms with Crippen LogP contribution < -0.4 is 15.4 Å². The lowest BCUT2D eigenvalue weighted by Gasteiger charge is -2.13. The number of amides is 1. The Morgan fingerprint density at radius 2 is 1.93 bits per heavy atom. The summed E-state index contributed by atoms with van der Waals surface area (Å²) in [6, 6.07) is 17.1. The van der Waals surface area contributed by atoms with E-state index in [1.165, 1.54) is 12.7 Å². The number of pyridine rings is 1. The molecule has 0 atom stereocenters. The predicted octanol–water partition coefficient (Wildman–Crippen LogP) is 4.96. The Bertz CT molecular complexity index is 961. The molecule has 6 heteroatoms. The second-order valence-corrected chi connectivity index (χ2v) is 6.76. The molecule has 0 saturated heterocycles. The summed E-state index contributed by atoms with van der Waals surface area (Å²) in [6.07, 6.45) is 2.49. The third-order valence-corrected chi connectivity index (χ3v) is 4.72. The maximum absolute atomic E-state index is 12.7. The molecule has 0 aliphatic rings. The van der Waals surface area contributed by atoms with Crippen LogP contribution in [0.15, 0.2) is 60.8 Å². The number of carbonyl (C=O) groups excluding carboxylic acids is 1. The number of rotatable bonds is 7. The first-order chi connectivity index (χ1) is 13.6. The molecule has 5 nitrogen and oxygen atoms in total. The highest BCUT2D eigenvalue weighted by molar-refractivity contribution is 6.31. The van der Waals surface area contributed by atoms with Crippen molar-refractivity contribution < 1.29 is 9.53 Å². The van der Waals surface area contributed by atoms with Gasteiger partial charge in [0.05, 0.1) is 12.8 Å². The first-order valence-corrected chi connectivity index (χ1v) is 9.34. The highest BCUT2D eigenvalue weighted by Gasteiger charge is 2.12. The third-order valence-electron chi connectivity index (χ3n) is 4.31. The Morgan fingerprint density at radius 3 is 2.68 bits per heavy atom. The lowest BCUT2D eigenvalue weighted by molar-refractivity contribution is 0.102.